The molecule has 2 rings (SSSR count). The van der Waals surface area contributed by atoms with Crippen LogP contribution in [0.2, 0.25) is 0 Å². The van der Waals surface area contributed by atoms with Crippen molar-refractivity contribution in [2.75, 3.05) is 47.4 Å². The van der Waals surface area contributed by atoms with Gasteiger partial charge in [0, 0.05) is 32.7 Å². The van der Waals surface area contributed by atoms with E-state index in [0.717, 1.165) is 30.4 Å². The number of methoxy groups -OCH3 is 2. The number of hydrogen-bond donors (Lipinski definition) is 2. The van der Waals surface area contributed by atoms with Crippen molar-refractivity contribution in [3.63, 3.8) is 0 Å². The minimum absolute atomic E-state index is 0. The Balaban J connectivity index is 0.00000364. The van der Waals surface area contributed by atoms with Crippen LogP contribution in [-0.4, -0.2) is 64.3 Å². The minimum Gasteiger partial charge on any atom is -0.493 e. The zero-order valence-electron chi connectivity index (χ0n) is 17.1. The Hall–Kier alpha value is -1.22. The number of aliphatic imine (C=N–C) groups is 1. The van der Waals surface area contributed by atoms with Crippen LogP contribution >= 0.6 is 24.0 Å². The molecule has 7 heteroatoms. The predicted octanol–water partition coefficient (Wildman–Crippen LogP) is 2.90. The maximum Gasteiger partial charge on any atom is 0.191 e. The fourth-order valence-corrected chi connectivity index (χ4v) is 3.37. The van der Waals surface area contributed by atoms with Crippen molar-refractivity contribution in [3.05, 3.63) is 23.8 Å². The minimum atomic E-state index is 0. The fourth-order valence-electron chi connectivity index (χ4n) is 3.37. The van der Waals surface area contributed by atoms with Gasteiger partial charge in [0.2, 0.25) is 0 Å². The van der Waals surface area contributed by atoms with Crippen LogP contribution < -0.4 is 20.1 Å². The molecule has 0 saturated carbocycles. The number of piperidine rings is 1. The van der Waals surface area contributed by atoms with Crippen molar-refractivity contribution in [2.45, 2.75) is 38.6 Å². The molecule has 0 spiro atoms. The van der Waals surface area contributed by atoms with Gasteiger partial charge in [-0.2, -0.15) is 0 Å². The standard InChI is InChI=1S/C20H34N4O2.HI/c1-5-12-24-13-9-17(10-14-24)23-20(21-2)22-11-8-16-6-7-18(25-3)19(15-16)26-4;/h6-7,15,17H,5,8-14H2,1-4H3,(H2,21,22,23);1H. The quantitative estimate of drug-likeness (QED) is 0.334. The summed E-state index contributed by atoms with van der Waals surface area (Å²) in [4.78, 5) is 6.91. The van der Waals surface area contributed by atoms with E-state index in [1.165, 1.54) is 44.5 Å². The maximum absolute atomic E-state index is 5.37. The summed E-state index contributed by atoms with van der Waals surface area (Å²) in [6, 6.07) is 6.56. The van der Waals surface area contributed by atoms with Crippen molar-refractivity contribution < 1.29 is 9.47 Å². The fraction of sp³-hybridized carbons (Fsp3) is 0.650. The largest absolute Gasteiger partial charge is 0.493 e. The Morgan fingerprint density at radius 1 is 1.19 bits per heavy atom. The maximum atomic E-state index is 5.37. The zero-order valence-corrected chi connectivity index (χ0v) is 19.4. The van der Waals surface area contributed by atoms with Gasteiger partial charge in [-0.25, -0.2) is 0 Å². The average molecular weight is 490 g/mol. The van der Waals surface area contributed by atoms with Crippen LogP contribution in [0.15, 0.2) is 23.2 Å². The number of halogens is 1. The molecule has 0 aromatic heterocycles. The Morgan fingerprint density at radius 2 is 1.89 bits per heavy atom. The first-order chi connectivity index (χ1) is 12.7. The molecular weight excluding hydrogens is 455 g/mol. The monoisotopic (exact) mass is 490 g/mol. The van der Waals surface area contributed by atoms with E-state index in [1.807, 2.05) is 19.2 Å². The number of likely N-dealkylation sites (tertiary alicyclic amines) is 1. The highest BCUT2D eigenvalue weighted by Crippen LogP contribution is 2.27. The van der Waals surface area contributed by atoms with Crippen molar-refractivity contribution in [2.24, 2.45) is 4.99 Å². The molecule has 6 nitrogen and oxygen atoms in total. The van der Waals surface area contributed by atoms with Gasteiger partial charge < -0.3 is 25.0 Å². The van der Waals surface area contributed by atoms with E-state index < -0.39 is 0 Å². The number of guanidine groups is 1. The van der Waals surface area contributed by atoms with Gasteiger partial charge in [-0.05, 0) is 49.9 Å². The summed E-state index contributed by atoms with van der Waals surface area (Å²) >= 11 is 0. The first-order valence-electron chi connectivity index (χ1n) is 9.60. The highest BCUT2D eigenvalue weighted by molar-refractivity contribution is 14.0. The molecule has 0 unspecified atom stereocenters. The highest BCUT2D eigenvalue weighted by Gasteiger charge is 2.19. The van der Waals surface area contributed by atoms with Gasteiger partial charge in [0.05, 0.1) is 14.2 Å². The van der Waals surface area contributed by atoms with Crippen LogP contribution in [0.25, 0.3) is 0 Å². The Morgan fingerprint density at radius 3 is 2.48 bits per heavy atom. The predicted molar refractivity (Wildman–Crippen MR) is 123 cm³/mol. The second kappa shape index (κ2) is 13.0. The van der Waals surface area contributed by atoms with E-state index in [4.69, 9.17) is 9.47 Å². The van der Waals surface area contributed by atoms with Crippen LogP contribution in [0.3, 0.4) is 0 Å². The van der Waals surface area contributed by atoms with Gasteiger partial charge in [0.15, 0.2) is 17.5 Å². The average Bonchev–Trinajstić information content (AvgIpc) is 2.68. The van der Waals surface area contributed by atoms with Crippen LogP contribution in [0.4, 0.5) is 0 Å². The molecule has 154 valence electrons. The molecule has 0 atom stereocenters. The molecule has 0 amide bonds. The van der Waals surface area contributed by atoms with E-state index in [0.29, 0.717) is 6.04 Å². The van der Waals surface area contributed by atoms with Gasteiger partial charge in [0.25, 0.3) is 0 Å². The molecule has 27 heavy (non-hydrogen) atoms. The summed E-state index contributed by atoms with van der Waals surface area (Å²) in [6.07, 6.45) is 4.49. The number of ether oxygens (including phenoxy) is 2. The zero-order chi connectivity index (χ0) is 18.8. The second-order valence-electron chi connectivity index (χ2n) is 6.70. The normalized spacial score (nSPS) is 15.8. The summed E-state index contributed by atoms with van der Waals surface area (Å²) < 4.78 is 10.7. The summed E-state index contributed by atoms with van der Waals surface area (Å²) in [6.45, 7) is 6.63. The third kappa shape index (κ3) is 7.73. The third-order valence-electron chi connectivity index (χ3n) is 4.85. The SMILES string of the molecule is CCCN1CCC(NC(=NC)NCCc2ccc(OC)c(OC)c2)CC1.I. The Bertz CT molecular complexity index is 575. The number of nitrogens with one attached hydrogen (secondary N) is 2. The second-order valence-corrected chi connectivity index (χ2v) is 6.70. The lowest BCUT2D eigenvalue weighted by molar-refractivity contribution is 0.206. The van der Waals surface area contributed by atoms with Crippen LogP contribution in [0, 0.1) is 0 Å². The topological polar surface area (TPSA) is 58.1 Å². The molecule has 0 aliphatic carbocycles. The molecule has 1 aromatic carbocycles. The molecule has 1 aromatic rings. The number of benzene rings is 1. The molecule has 1 heterocycles. The van der Waals surface area contributed by atoms with Gasteiger partial charge in [-0.1, -0.05) is 13.0 Å². The van der Waals surface area contributed by atoms with E-state index in [2.05, 4.69) is 33.5 Å². The van der Waals surface area contributed by atoms with Crippen molar-refractivity contribution >= 4 is 29.9 Å². The molecule has 1 fully saturated rings. The van der Waals surface area contributed by atoms with E-state index >= 15 is 0 Å². The lowest BCUT2D eigenvalue weighted by Gasteiger charge is -2.32. The van der Waals surface area contributed by atoms with E-state index in [-0.39, 0.29) is 24.0 Å². The van der Waals surface area contributed by atoms with Gasteiger partial charge in [-0.3, -0.25) is 4.99 Å². The lowest BCUT2D eigenvalue weighted by atomic mass is 10.1. The third-order valence-corrected chi connectivity index (χ3v) is 4.85. The number of hydrogen-bond acceptors (Lipinski definition) is 4. The van der Waals surface area contributed by atoms with Crippen molar-refractivity contribution in [1.82, 2.24) is 15.5 Å². The van der Waals surface area contributed by atoms with Crippen LogP contribution in [0.5, 0.6) is 11.5 Å². The number of rotatable bonds is 8. The number of nitrogens with zero attached hydrogens (tertiary/aromatic N) is 2. The molecule has 2 N–H and O–H groups in total. The molecule has 1 aliphatic heterocycles. The first kappa shape index (κ1) is 23.8. The first-order valence-corrected chi connectivity index (χ1v) is 9.60. The van der Waals surface area contributed by atoms with Crippen molar-refractivity contribution in [3.8, 4) is 11.5 Å². The smallest absolute Gasteiger partial charge is 0.191 e. The molecule has 1 saturated heterocycles. The Labute approximate surface area is 181 Å². The summed E-state index contributed by atoms with van der Waals surface area (Å²) in [5.74, 6) is 2.42. The summed E-state index contributed by atoms with van der Waals surface area (Å²) in [5.41, 5.74) is 1.21. The van der Waals surface area contributed by atoms with Gasteiger partial charge >= 0.3 is 0 Å². The summed E-state index contributed by atoms with van der Waals surface area (Å²) in [5, 5.41) is 6.98. The highest BCUT2D eigenvalue weighted by atomic mass is 127. The molecule has 0 bridgehead atoms. The Kier molecular flexibility index (Phi) is 11.5. The van der Waals surface area contributed by atoms with Crippen molar-refractivity contribution in [1.29, 1.82) is 0 Å². The van der Waals surface area contributed by atoms with Crippen LogP contribution in [0.1, 0.15) is 31.7 Å². The molecular formula is C20H35IN4O2. The lowest BCUT2D eigenvalue weighted by Crippen LogP contribution is -2.49. The summed E-state index contributed by atoms with van der Waals surface area (Å²) in [7, 11) is 5.15. The molecule has 0 radical (unpaired) electrons. The van der Waals surface area contributed by atoms with Gasteiger partial charge in [-0.15, -0.1) is 24.0 Å². The molecule has 1 aliphatic rings. The van der Waals surface area contributed by atoms with Crippen LogP contribution in [-0.2, 0) is 6.42 Å². The van der Waals surface area contributed by atoms with Gasteiger partial charge in [0.1, 0.15) is 0 Å². The van der Waals surface area contributed by atoms with E-state index in [9.17, 15) is 0 Å². The van der Waals surface area contributed by atoms with E-state index in [1.54, 1.807) is 14.2 Å².